The fraction of sp³-hybridized carbons (Fsp3) is 0.500. The second-order valence-electron chi connectivity index (χ2n) is 3.03. The van der Waals surface area contributed by atoms with Crippen molar-refractivity contribution in [3.05, 3.63) is 10.8 Å². The predicted molar refractivity (Wildman–Crippen MR) is 46.1 cm³/mol. The number of methoxy groups -OCH3 is 1. The first-order valence-corrected chi connectivity index (χ1v) is 4.44. The van der Waals surface area contributed by atoms with Gasteiger partial charge in [0.15, 0.2) is 11.3 Å². The number of amides is 1. The highest BCUT2D eigenvalue weighted by molar-refractivity contribution is 6.41. The van der Waals surface area contributed by atoms with Gasteiger partial charge in [0.2, 0.25) is 5.91 Å². The SMILES string of the molecule is COC(=O)C(Cl)=C1CN2C(=O)CC2O1. The molecule has 0 aromatic carbocycles. The average molecular weight is 218 g/mol. The number of β-lactam (4-membered cyclic amide) rings is 1. The quantitative estimate of drug-likeness (QED) is 0.358. The lowest BCUT2D eigenvalue weighted by Crippen LogP contribution is -2.48. The van der Waals surface area contributed by atoms with E-state index in [1.165, 1.54) is 12.0 Å². The molecular weight excluding hydrogens is 210 g/mol. The van der Waals surface area contributed by atoms with E-state index >= 15 is 0 Å². The summed E-state index contributed by atoms with van der Waals surface area (Å²) >= 11 is 5.69. The van der Waals surface area contributed by atoms with E-state index in [-0.39, 0.29) is 23.7 Å². The Balaban J connectivity index is 2.14. The molecular formula is C8H8ClNO4. The van der Waals surface area contributed by atoms with Gasteiger partial charge in [-0.15, -0.1) is 0 Å². The Labute approximate surface area is 85.2 Å². The molecule has 2 aliphatic heterocycles. The van der Waals surface area contributed by atoms with Crippen LogP contribution in [0.4, 0.5) is 0 Å². The Kier molecular flexibility index (Phi) is 2.11. The molecule has 2 heterocycles. The standard InChI is InChI=1S/C8H8ClNO4/c1-13-8(12)7(9)4-3-10-5(11)2-6(10)14-4/h6H,2-3H2,1H3. The molecule has 2 saturated heterocycles. The zero-order valence-electron chi connectivity index (χ0n) is 7.45. The number of fused-ring (bicyclic) bond motifs is 1. The van der Waals surface area contributed by atoms with Crippen molar-refractivity contribution in [1.82, 2.24) is 4.90 Å². The van der Waals surface area contributed by atoms with Gasteiger partial charge in [0.05, 0.1) is 20.1 Å². The topological polar surface area (TPSA) is 55.8 Å². The summed E-state index contributed by atoms with van der Waals surface area (Å²) in [7, 11) is 1.24. The van der Waals surface area contributed by atoms with Crippen molar-refractivity contribution in [2.24, 2.45) is 0 Å². The zero-order chi connectivity index (χ0) is 10.3. The van der Waals surface area contributed by atoms with Gasteiger partial charge in [-0.3, -0.25) is 9.69 Å². The van der Waals surface area contributed by atoms with E-state index in [0.29, 0.717) is 12.2 Å². The first-order valence-electron chi connectivity index (χ1n) is 4.06. The summed E-state index contributed by atoms with van der Waals surface area (Å²) in [5, 5.41) is -0.0882. The third-order valence-corrected chi connectivity index (χ3v) is 2.58. The van der Waals surface area contributed by atoms with Crippen molar-refractivity contribution < 1.29 is 19.1 Å². The van der Waals surface area contributed by atoms with Gasteiger partial charge < -0.3 is 9.47 Å². The number of carbonyl (C=O) groups excluding carboxylic acids is 2. The summed E-state index contributed by atoms with van der Waals surface area (Å²) < 4.78 is 9.70. The number of halogens is 1. The molecule has 2 fully saturated rings. The van der Waals surface area contributed by atoms with Crippen molar-refractivity contribution in [3.8, 4) is 0 Å². The van der Waals surface area contributed by atoms with Gasteiger partial charge in [0, 0.05) is 0 Å². The molecule has 76 valence electrons. The van der Waals surface area contributed by atoms with Crippen LogP contribution in [-0.4, -0.2) is 36.7 Å². The largest absolute Gasteiger partial charge is 0.470 e. The van der Waals surface area contributed by atoms with E-state index in [4.69, 9.17) is 16.3 Å². The fourth-order valence-corrected chi connectivity index (χ4v) is 1.58. The van der Waals surface area contributed by atoms with Crippen molar-refractivity contribution in [2.75, 3.05) is 13.7 Å². The van der Waals surface area contributed by atoms with Gasteiger partial charge in [-0.05, 0) is 0 Å². The van der Waals surface area contributed by atoms with Crippen molar-refractivity contribution in [3.63, 3.8) is 0 Å². The highest BCUT2D eigenvalue weighted by atomic mass is 35.5. The second-order valence-corrected chi connectivity index (χ2v) is 3.40. The van der Waals surface area contributed by atoms with Crippen LogP contribution in [-0.2, 0) is 19.1 Å². The first-order chi connectivity index (χ1) is 6.63. The van der Waals surface area contributed by atoms with Gasteiger partial charge >= 0.3 is 5.97 Å². The van der Waals surface area contributed by atoms with Crippen molar-refractivity contribution in [2.45, 2.75) is 12.6 Å². The van der Waals surface area contributed by atoms with E-state index in [1.807, 2.05) is 0 Å². The second kappa shape index (κ2) is 3.16. The van der Waals surface area contributed by atoms with Crippen LogP contribution in [0.5, 0.6) is 0 Å². The number of rotatable bonds is 1. The van der Waals surface area contributed by atoms with Gasteiger partial charge in [0.25, 0.3) is 0 Å². The van der Waals surface area contributed by atoms with Gasteiger partial charge in [-0.25, -0.2) is 4.79 Å². The maximum atomic E-state index is 11.0. The van der Waals surface area contributed by atoms with E-state index in [0.717, 1.165) is 0 Å². The normalized spacial score (nSPS) is 27.7. The Morgan fingerprint density at radius 2 is 2.43 bits per heavy atom. The average Bonchev–Trinajstić information content (AvgIpc) is 2.53. The molecule has 1 unspecified atom stereocenters. The molecule has 0 aromatic rings. The monoisotopic (exact) mass is 217 g/mol. The lowest BCUT2D eigenvalue weighted by atomic mass is 10.2. The molecule has 0 bridgehead atoms. The minimum atomic E-state index is -0.642. The molecule has 1 amide bonds. The number of ether oxygens (including phenoxy) is 2. The molecule has 0 radical (unpaired) electrons. The smallest absolute Gasteiger partial charge is 0.353 e. The van der Waals surface area contributed by atoms with Crippen LogP contribution in [0.3, 0.4) is 0 Å². The zero-order valence-corrected chi connectivity index (χ0v) is 8.21. The molecule has 0 spiro atoms. The van der Waals surface area contributed by atoms with E-state index in [2.05, 4.69) is 4.74 Å². The number of carbonyl (C=O) groups is 2. The fourth-order valence-electron chi connectivity index (χ4n) is 1.40. The summed E-state index contributed by atoms with van der Waals surface area (Å²) in [6, 6.07) is 0. The van der Waals surface area contributed by atoms with Crippen LogP contribution in [0.1, 0.15) is 6.42 Å². The molecule has 1 atom stereocenters. The van der Waals surface area contributed by atoms with Crippen LogP contribution in [0.25, 0.3) is 0 Å². The third-order valence-electron chi connectivity index (χ3n) is 2.22. The third kappa shape index (κ3) is 1.24. The van der Waals surface area contributed by atoms with Gasteiger partial charge in [-0.2, -0.15) is 0 Å². The highest BCUT2D eigenvalue weighted by Gasteiger charge is 2.45. The van der Waals surface area contributed by atoms with Gasteiger partial charge in [-0.1, -0.05) is 11.6 Å². The predicted octanol–water partition coefficient (Wildman–Crippen LogP) is 0.198. The van der Waals surface area contributed by atoms with E-state index in [1.54, 1.807) is 0 Å². The molecule has 0 aliphatic carbocycles. The first kappa shape index (κ1) is 9.33. The summed E-state index contributed by atoms with van der Waals surface area (Å²) in [6.07, 6.45) is 0.116. The van der Waals surface area contributed by atoms with Crippen LogP contribution in [0, 0.1) is 0 Å². The lowest BCUT2D eigenvalue weighted by Gasteiger charge is -2.30. The number of nitrogens with zero attached hydrogens (tertiary/aromatic N) is 1. The Morgan fingerprint density at radius 1 is 1.71 bits per heavy atom. The Morgan fingerprint density at radius 3 is 2.93 bits per heavy atom. The van der Waals surface area contributed by atoms with E-state index < -0.39 is 5.97 Å². The maximum Gasteiger partial charge on any atom is 0.353 e. The molecule has 6 heteroatoms. The summed E-state index contributed by atoms with van der Waals surface area (Å²) in [6.45, 7) is 0.261. The minimum Gasteiger partial charge on any atom is -0.470 e. The number of hydrogen-bond donors (Lipinski definition) is 0. The molecule has 14 heavy (non-hydrogen) atoms. The number of hydrogen-bond acceptors (Lipinski definition) is 4. The molecule has 5 nitrogen and oxygen atoms in total. The van der Waals surface area contributed by atoms with Crippen molar-refractivity contribution >= 4 is 23.5 Å². The molecule has 0 aromatic heterocycles. The van der Waals surface area contributed by atoms with Crippen LogP contribution < -0.4 is 0 Å². The van der Waals surface area contributed by atoms with E-state index in [9.17, 15) is 9.59 Å². The lowest BCUT2D eigenvalue weighted by molar-refractivity contribution is -0.154. The van der Waals surface area contributed by atoms with Crippen LogP contribution >= 0.6 is 11.6 Å². The minimum absolute atomic E-state index is 0.0133. The Bertz CT molecular complexity index is 338. The summed E-state index contributed by atoms with van der Waals surface area (Å²) in [5.41, 5.74) is 0. The molecule has 2 aliphatic rings. The highest BCUT2D eigenvalue weighted by Crippen LogP contribution is 2.33. The maximum absolute atomic E-state index is 11.0. The molecule has 2 rings (SSSR count). The van der Waals surface area contributed by atoms with Gasteiger partial charge in [0.1, 0.15) is 5.76 Å². The van der Waals surface area contributed by atoms with Crippen LogP contribution in [0.2, 0.25) is 0 Å². The molecule has 0 saturated carbocycles. The van der Waals surface area contributed by atoms with Crippen molar-refractivity contribution in [1.29, 1.82) is 0 Å². The molecule has 0 N–H and O–H groups in total. The Hall–Kier alpha value is -1.23. The number of esters is 1. The summed E-state index contributed by atoms with van der Waals surface area (Å²) in [4.78, 5) is 23.5. The summed E-state index contributed by atoms with van der Waals surface area (Å²) in [5.74, 6) is -0.315. The van der Waals surface area contributed by atoms with Crippen LogP contribution in [0.15, 0.2) is 10.8 Å².